The molecule has 3 aromatic rings. The van der Waals surface area contributed by atoms with Crippen LogP contribution < -0.4 is 14.9 Å². The van der Waals surface area contributed by atoms with Gasteiger partial charge >= 0.3 is 0 Å². The van der Waals surface area contributed by atoms with Gasteiger partial charge in [0.25, 0.3) is 5.91 Å². The maximum absolute atomic E-state index is 11.9. The first kappa shape index (κ1) is 19.2. The highest BCUT2D eigenvalue weighted by molar-refractivity contribution is 5.83. The van der Waals surface area contributed by atoms with Gasteiger partial charge in [-0.3, -0.25) is 4.79 Å². The van der Waals surface area contributed by atoms with Crippen LogP contribution in [0.1, 0.15) is 12.5 Å². The van der Waals surface area contributed by atoms with Crippen LogP contribution in [-0.4, -0.2) is 25.3 Å². The second kappa shape index (κ2) is 9.92. The van der Waals surface area contributed by atoms with Gasteiger partial charge in [0.2, 0.25) is 0 Å². The van der Waals surface area contributed by atoms with Gasteiger partial charge in [-0.15, -0.1) is 0 Å². The molecule has 5 nitrogen and oxygen atoms in total. The lowest BCUT2D eigenvalue weighted by Gasteiger charge is -2.06. The molecule has 0 atom stereocenters. The molecule has 0 aliphatic heterocycles. The Morgan fingerprint density at radius 3 is 2.14 bits per heavy atom. The summed E-state index contributed by atoms with van der Waals surface area (Å²) in [6.07, 6.45) is 1.57. The van der Waals surface area contributed by atoms with Crippen molar-refractivity contribution in [1.82, 2.24) is 5.43 Å². The molecule has 0 radical (unpaired) electrons. The molecule has 0 bridgehead atoms. The fourth-order valence-corrected chi connectivity index (χ4v) is 2.55. The molecule has 0 aliphatic carbocycles. The predicted molar refractivity (Wildman–Crippen MR) is 111 cm³/mol. The van der Waals surface area contributed by atoms with E-state index in [1.165, 1.54) is 0 Å². The second-order valence-electron chi connectivity index (χ2n) is 5.97. The first-order valence-corrected chi connectivity index (χ1v) is 9.07. The molecule has 0 heterocycles. The molecule has 0 aromatic heterocycles. The van der Waals surface area contributed by atoms with E-state index in [1.54, 1.807) is 6.21 Å². The van der Waals surface area contributed by atoms with Crippen molar-refractivity contribution in [1.29, 1.82) is 0 Å². The molecule has 3 rings (SSSR count). The zero-order valence-electron chi connectivity index (χ0n) is 15.7. The van der Waals surface area contributed by atoms with Gasteiger partial charge in [-0.05, 0) is 60.0 Å². The van der Waals surface area contributed by atoms with Crippen molar-refractivity contribution in [3.8, 4) is 22.6 Å². The van der Waals surface area contributed by atoms with Crippen LogP contribution in [0.25, 0.3) is 11.1 Å². The summed E-state index contributed by atoms with van der Waals surface area (Å²) in [5.41, 5.74) is 5.54. The molecule has 1 amide bonds. The summed E-state index contributed by atoms with van der Waals surface area (Å²) in [5.74, 6) is 1.11. The molecular weight excluding hydrogens is 352 g/mol. The lowest BCUT2D eigenvalue weighted by Crippen LogP contribution is -2.24. The standard InChI is InChI=1S/C23H22N2O3/c1-2-27-21-12-8-18(9-13-21)16-24-25-23(26)17-28-22-14-10-20(11-15-22)19-6-4-3-5-7-19/h3-16H,2,17H2,1H3,(H,25,26)/b24-16-. The minimum Gasteiger partial charge on any atom is -0.494 e. The quantitative estimate of drug-likeness (QED) is 0.473. The molecule has 28 heavy (non-hydrogen) atoms. The van der Waals surface area contributed by atoms with Gasteiger partial charge < -0.3 is 9.47 Å². The molecule has 0 spiro atoms. The predicted octanol–water partition coefficient (Wildman–Crippen LogP) is 4.28. The number of benzene rings is 3. The van der Waals surface area contributed by atoms with Crippen LogP contribution in [0.5, 0.6) is 11.5 Å². The van der Waals surface area contributed by atoms with Crippen molar-refractivity contribution in [3.63, 3.8) is 0 Å². The van der Waals surface area contributed by atoms with Crippen LogP contribution in [0, 0.1) is 0 Å². The number of carbonyl (C=O) groups excluding carboxylic acids is 1. The number of hydrazone groups is 1. The number of rotatable bonds is 8. The average Bonchev–Trinajstić information content (AvgIpc) is 2.75. The van der Waals surface area contributed by atoms with Gasteiger partial charge in [0.15, 0.2) is 6.61 Å². The first-order valence-electron chi connectivity index (χ1n) is 9.07. The van der Waals surface area contributed by atoms with Crippen molar-refractivity contribution < 1.29 is 14.3 Å². The fourth-order valence-electron chi connectivity index (χ4n) is 2.55. The van der Waals surface area contributed by atoms with Gasteiger partial charge in [0, 0.05) is 0 Å². The summed E-state index contributed by atoms with van der Waals surface area (Å²) in [5, 5.41) is 3.94. The largest absolute Gasteiger partial charge is 0.494 e. The Morgan fingerprint density at radius 2 is 1.46 bits per heavy atom. The monoisotopic (exact) mass is 374 g/mol. The molecule has 1 N–H and O–H groups in total. The second-order valence-corrected chi connectivity index (χ2v) is 5.97. The topological polar surface area (TPSA) is 59.9 Å². The average molecular weight is 374 g/mol. The highest BCUT2D eigenvalue weighted by Gasteiger charge is 2.02. The van der Waals surface area contributed by atoms with E-state index in [0.29, 0.717) is 12.4 Å². The Balaban J connectivity index is 1.45. The lowest BCUT2D eigenvalue weighted by molar-refractivity contribution is -0.123. The molecule has 0 aliphatic rings. The molecule has 5 heteroatoms. The van der Waals surface area contributed by atoms with Gasteiger partial charge in [0.05, 0.1) is 12.8 Å². The summed E-state index contributed by atoms with van der Waals surface area (Å²) in [6, 6.07) is 25.1. The summed E-state index contributed by atoms with van der Waals surface area (Å²) in [7, 11) is 0. The summed E-state index contributed by atoms with van der Waals surface area (Å²) in [4.78, 5) is 11.9. The summed E-state index contributed by atoms with van der Waals surface area (Å²) in [6.45, 7) is 2.45. The number of nitrogens with zero attached hydrogens (tertiary/aromatic N) is 1. The van der Waals surface area contributed by atoms with Gasteiger partial charge in [0.1, 0.15) is 11.5 Å². The Morgan fingerprint density at radius 1 is 0.857 bits per heavy atom. The third-order valence-electron chi connectivity index (χ3n) is 3.93. The lowest BCUT2D eigenvalue weighted by atomic mass is 10.1. The zero-order chi connectivity index (χ0) is 19.6. The van der Waals surface area contributed by atoms with Gasteiger partial charge in [-0.1, -0.05) is 42.5 Å². The summed E-state index contributed by atoms with van der Waals surface area (Å²) >= 11 is 0. The van der Waals surface area contributed by atoms with E-state index in [4.69, 9.17) is 9.47 Å². The van der Waals surface area contributed by atoms with Crippen LogP contribution >= 0.6 is 0 Å². The van der Waals surface area contributed by atoms with E-state index < -0.39 is 0 Å². The minimum atomic E-state index is -0.325. The van der Waals surface area contributed by atoms with Crippen LogP contribution in [0.4, 0.5) is 0 Å². The molecule has 0 saturated heterocycles. The molecule has 0 fully saturated rings. The SMILES string of the molecule is CCOc1ccc(/C=N\NC(=O)COc2ccc(-c3ccccc3)cc2)cc1. The van der Waals surface area contributed by atoms with Crippen molar-refractivity contribution in [2.45, 2.75) is 6.92 Å². The molecule has 0 unspecified atom stereocenters. The van der Waals surface area contributed by atoms with Crippen LogP contribution in [0.15, 0.2) is 84.0 Å². The number of hydrogen-bond acceptors (Lipinski definition) is 4. The summed E-state index contributed by atoms with van der Waals surface area (Å²) < 4.78 is 10.9. The van der Waals surface area contributed by atoms with E-state index in [2.05, 4.69) is 10.5 Å². The number of nitrogens with one attached hydrogen (secondary N) is 1. The Bertz CT molecular complexity index is 905. The fraction of sp³-hybridized carbons (Fsp3) is 0.130. The highest BCUT2D eigenvalue weighted by atomic mass is 16.5. The first-order chi connectivity index (χ1) is 13.7. The maximum atomic E-state index is 11.9. The van der Waals surface area contributed by atoms with Crippen molar-refractivity contribution >= 4 is 12.1 Å². The molecule has 142 valence electrons. The van der Waals surface area contributed by atoms with Crippen molar-refractivity contribution in [2.24, 2.45) is 5.10 Å². The zero-order valence-corrected chi connectivity index (χ0v) is 15.7. The van der Waals surface area contributed by atoms with Crippen LogP contribution in [0.3, 0.4) is 0 Å². The molecule has 3 aromatic carbocycles. The van der Waals surface area contributed by atoms with Crippen molar-refractivity contribution in [3.05, 3.63) is 84.4 Å². The molecular formula is C23H22N2O3. The van der Waals surface area contributed by atoms with E-state index in [0.717, 1.165) is 22.4 Å². The Kier molecular flexibility index (Phi) is 6.79. The van der Waals surface area contributed by atoms with Crippen LogP contribution in [-0.2, 0) is 4.79 Å². The number of hydrogen-bond donors (Lipinski definition) is 1. The number of amides is 1. The van der Waals surface area contributed by atoms with Crippen molar-refractivity contribution in [2.75, 3.05) is 13.2 Å². The highest BCUT2D eigenvalue weighted by Crippen LogP contribution is 2.21. The van der Waals surface area contributed by atoms with Gasteiger partial charge in [-0.2, -0.15) is 5.10 Å². The Hall–Kier alpha value is -3.60. The van der Waals surface area contributed by atoms with E-state index in [9.17, 15) is 4.79 Å². The van der Waals surface area contributed by atoms with Crippen LogP contribution in [0.2, 0.25) is 0 Å². The van der Waals surface area contributed by atoms with E-state index in [1.807, 2.05) is 85.8 Å². The minimum absolute atomic E-state index is 0.106. The maximum Gasteiger partial charge on any atom is 0.277 e. The van der Waals surface area contributed by atoms with E-state index >= 15 is 0 Å². The normalized spacial score (nSPS) is 10.6. The van der Waals surface area contributed by atoms with E-state index in [-0.39, 0.29) is 12.5 Å². The smallest absolute Gasteiger partial charge is 0.277 e. The Labute approximate surface area is 164 Å². The number of carbonyl (C=O) groups is 1. The third-order valence-corrected chi connectivity index (χ3v) is 3.93. The third kappa shape index (κ3) is 5.71. The van der Waals surface area contributed by atoms with Gasteiger partial charge in [-0.25, -0.2) is 5.43 Å². The number of ether oxygens (including phenoxy) is 2. The molecule has 0 saturated carbocycles.